The second-order valence-corrected chi connectivity index (χ2v) is 8.32. The molecule has 1 heterocycles. The van der Waals surface area contributed by atoms with Gasteiger partial charge in [0, 0.05) is 5.56 Å². The van der Waals surface area contributed by atoms with Crippen molar-refractivity contribution in [1.82, 2.24) is 8.96 Å². The first-order chi connectivity index (χ1) is 12.1. The average Bonchev–Trinajstić information content (AvgIpc) is 2.91. The first-order valence-corrected chi connectivity index (χ1v) is 9.15. The number of carbonyl (C=O) groups is 1. The van der Waals surface area contributed by atoms with Crippen LogP contribution in [0.2, 0.25) is 0 Å². The maximum Gasteiger partial charge on any atom is 0.244 e. The van der Waals surface area contributed by atoms with Gasteiger partial charge in [-0.2, -0.15) is 0 Å². The van der Waals surface area contributed by atoms with E-state index >= 15 is 0 Å². The number of hydrogen-bond acceptors (Lipinski definition) is 5. The van der Waals surface area contributed by atoms with Crippen molar-refractivity contribution in [3.63, 3.8) is 0 Å². The first-order valence-electron chi connectivity index (χ1n) is 7.65. The second kappa shape index (κ2) is 6.17. The molecule has 0 bridgehead atoms. The summed E-state index contributed by atoms with van der Waals surface area (Å²) in [5.74, 6) is -2.65. The van der Waals surface area contributed by atoms with Crippen LogP contribution in [0, 0.1) is 11.6 Å². The molecule has 0 fully saturated rings. The molecule has 26 heavy (non-hydrogen) atoms. The van der Waals surface area contributed by atoms with Gasteiger partial charge in [-0.1, -0.05) is 0 Å². The van der Waals surface area contributed by atoms with Gasteiger partial charge in [0.15, 0.2) is 5.78 Å². The number of hydrogen-bond donors (Lipinski definition) is 1. The molecule has 0 radical (unpaired) electrons. The van der Waals surface area contributed by atoms with Crippen LogP contribution in [0.15, 0.2) is 36.4 Å². The van der Waals surface area contributed by atoms with E-state index in [-0.39, 0.29) is 22.5 Å². The Bertz CT molecular complexity index is 1140. The molecule has 0 atom stereocenters. The van der Waals surface area contributed by atoms with Crippen LogP contribution in [-0.4, -0.2) is 28.4 Å². The number of imidazole rings is 1. The van der Waals surface area contributed by atoms with Gasteiger partial charge in [-0.05, 0) is 50.2 Å². The van der Waals surface area contributed by atoms with Gasteiger partial charge in [0.25, 0.3) is 0 Å². The summed E-state index contributed by atoms with van der Waals surface area (Å²) in [6.45, 7) is 2.97. The molecule has 136 valence electrons. The van der Waals surface area contributed by atoms with Crippen LogP contribution in [0.3, 0.4) is 0 Å². The van der Waals surface area contributed by atoms with E-state index in [1.807, 2.05) is 0 Å². The Balaban J connectivity index is 2.21. The lowest BCUT2D eigenvalue weighted by Crippen LogP contribution is -2.23. The molecule has 0 saturated heterocycles. The summed E-state index contributed by atoms with van der Waals surface area (Å²) in [5.41, 5.74) is 5.64. The number of ketones is 1. The topological polar surface area (TPSA) is 95.1 Å². The molecule has 0 aliphatic carbocycles. The van der Waals surface area contributed by atoms with Crippen molar-refractivity contribution in [2.24, 2.45) is 0 Å². The summed E-state index contributed by atoms with van der Waals surface area (Å²) in [4.78, 5) is 16.5. The van der Waals surface area contributed by atoms with Crippen LogP contribution >= 0.6 is 0 Å². The monoisotopic (exact) mass is 379 g/mol. The quantitative estimate of drug-likeness (QED) is 0.703. The Morgan fingerprint density at radius 2 is 1.85 bits per heavy atom. The van der Waals surface area contributed by atoms with Gasteiger partial charge in [-0.25, -0.2) is 26.2 Å². The lowest BCUT2D eigenvalue weighted by atomic mass is 10.0. The van der Waals surface area contributed by atoms with Crippen molar-refractivity contribution in [3.8, 4) is 0 Å². The molecule has 6 nitrogen and oxygen atoms in total. The molecule has 2 aromatic carbocycles. The molecule has 3 rings (SSSR count). The summed E-state index contributed by atoms with van der Waals surface area (Å²) in [7, 11) is -3.83. The third-order valence-corrected chi connectivity index (χ3v) is 6.01. The minimum Gasteiger partial charge on any atom is -0.368 e. The summed E-state index contributed by atoms with van der Waals surface area (Å²) >= 11 is 0. The molecule has 9 heteroatoms. The molecule has 0 unspecified atom stereocenters. The first kappa shape index (κ1) is 18.0. The predicted molar refractivity (Wildman–Crippen MR) is 93.4 cm³/mol. The van der Waals surface area contributed by atoms with Crippen LogP contribution < -0.4 is 5.73 Å². The van der Waals surface area contributed by atoms with E-state index < -0.39 is 38.3 Å². The van der Waals surface area contributed by atoms with E-state index in [9.17, 15) is 22.0 Å². The minimum absolute atomic E-state index is 0.0119. The number of benzene rings is 2. The fraction of sp³-hybridized carbons (Fsp3) is 0.176. The van der Waals surface area contributed by atoms with Crippen molar-refractivity contribution in [3.05, 3.63) is 59.2 Å². The van der Waals surface area contributed by atoms with Crippen molar-refractivity contribution < 1.29 is 22.0 Å². The van der Waals surface area contributed by atoms with E-state index in [0.717, 1.165) is 22.2 Å². The fourth-order valence-corrected chi connectivity index (χ4v) is 3.66. The minimum atomic E-state index is -3.83. The van der Waals surface area contributed by atoms with Crippen LogP contribution in [-0.2, 0) is 10.0 Å². The number of aromatic nitrogens is 2. The number of halogens is 2. The van der Waals surface area contributed by atoms with Gasteiger partial charge in [-0.3, -0.25) is 4.79 Å². The highest BCUT2D eigenvalue weighted by Gasteiger charge is 2.25. The van der Waals surface area contributed by atoms with Crippen molar-refractivity contribution in [2.75, 3.05) is 5.73 Å². The van der Waals surface area contributed by atoms with Gasteiger partial charge in [-0.15, -0.1) is 0 Å². The third kappa shape index (κ3) is 2.84. The van der Waals surface area contributed by atoms with Gasteiger partial charge in [0.05, 0.1) is 21.8 Å². The van der Waals surface area contributed by atoms with E-state index in [1.54, 1.807) is 0 Å². The Morgan fingerprint density at radius 1 is 1.15 bits per heavy atom. The van der Waals surface area contributed by atoms with Crippen LogP contribution in [0.25, 0.3) is 11.0 Å². The lowest BCUT2D eigenvalue weighted by Gasteiger charge is -2.11. The van der Waals surface area contributed by atoms with E-state index in [2.05, 4.69) is 4.98 Å². The molecule has 3 aromatic rings. The fourth-order valence-electron chi connectivity index (χ4n) is 2.52. The maximum absolute atomic E-state index is 13.9. The van der Waals surface area contributed by atoms with E-state index in [4.69, 9.17) is 5.73 Å². The van der Waals surface area contributed by atoms with Crippen molar-refractivity contribution >= 4 is 32.8 Å². The Morgan fingerprint density at radius 3 is 2.50 bits per heavy atom. The predicted octanol–water partition coefficient (Wildman–Crippen LogP) is 2.71. The number of nitrogens with zero attached hydrogens (tertiary/aromatic N) is 2. The summed E-state index contributed by atoms with van der Waals surface area (Å²) in [5, 5.41) is -0.776. The molecule has 2 N–H and O–H groups in total. The molecular weight excluding hydrogens is 364 g/mol. The van der Waals surface area contributed by atoms with Gasteiger partial charge < -0.3 is 5.73 Å². The van der Waals surface area contributed by atoms with Gasteiger partial charge >= 0.3 is 0 Å². The van der Waals surface area contributed by atoms with Crippen molar-refractivity contribution in [2.45, 2.75) is 19.1 Å². The van der Waals surface area contributed by atoms with Crippen LogP contribution in [0.4, 0.5) is 14.7 Å². The molecule has 0 amide bonds. The van der Waals surface area contributed by atoms with Gasteiger partial charge in [0.2, 0.25) is 16.0 Å². The van der Waals surface area contributed by atoms with E-state index in [1.165, 1.54) is 32.0 Å². The Hall–Kier alpha value is -2.81. The molecule has 0 aliphatic heterocycles. The maximum atomic E-state index is 13.9. The number of fused-ring (bicyclic) bond motifs is 1. The zero-order valence-corrected chi connectivity index (χ0v) is 14.7. The Kier molecular flexibility index (Phi) is 4.27. The second-order valence-electron chi connectivity index (χ2n) is 5.98. The molecule has 1 aromatic heterocycles. The smallest absolute Gasteiger partial charge is 0.244 e. The third-order valence-electron chi connectivity index (χ3n) is 3.92. The van der Waals surface area contributed by atoms with Gasteiger partial charge in [0.1, 0.15) is 11.6 Å². The van der Waals surface area contributed by atoms with Crippen LogP contribution in [0.1, 0.15) is 29.8 Å². The number of rotatable bonds is 4. The highest BCUT2D eigenvalue weighted by Crippen LogP contribution is 2.25. The summed E-state index contributed by atoms with van der Waals surface area (Å²) in [6.07, 6.45) is 0. The summed E-state index contributed by atoms with van der Waals surface area (Å²) < 4.78 is 53.1. The lowest BCUT2D eigenvalue weighted by molar-refractivity contribution is 0.103. The van der Waals surface area contributed by atoms with Crippen molar-refractivity contribution in [1.29, 1.82) is 0 Å². The largest absolute Gasteiger partial charge is 0.368 e. The number of carbonyl (C=O) groups excluding carboxylic acids is 1. The highest BCUT2D eigenvalue weighted by molar-refractivity contribution is 7.90. The van der Waals surface area contributed by atoms with E-state index in [0.29, 0.717) is 0 Å². The highest BCUT2D eigenvalue weighted by atomic mass is 32.2. The van der Waals surface area contributed by atoms with Crippen LogP contribution in [0.5, 0.6) is 0 Å². The number of anilines is 1. The molecule has 0 spiro atoms. The molecule has 0 aliphatic rings. The summed E-state index contributed by atoms with van der Waals surface area (Å²) in [6, 6.07) is 6.56. The SMILES string of the molecule is CC(C)S(=O)(=O)n1c(N)nc2ccc(C(=O)c3cc(F)ccc3F)cc21. The average molecular weight is 379 g/mol. The number of nitrogens with two attached hydrogens (primary N) is 1. The number of nitrogen functional groups attached to an aromatic ring is 1. The zero-order chi connectivity index (χ0) is 19.2. The molecule has 0 saturated carbocycles. The Labute approximate surface area is 148 Å². The molecular formula is C17H15F2N3O3S. The standard InChI is InChI=1S/C17H15F2N3O3S/c1-9(2)26(24,25)22-15-7-10(3-6-14(15)21-17(22)20)16(23)12-8-11(18)4-5-13(12)19/h3-9H,1-2H3,(H2,20,21). The zero-order valence-electron chi connectivity index (χ0n) is 13.9. The normalized spacial score (nSPS) is 12.0.